The molecule has 0 unspecified atom stereocenters. The van der Waals surface area contributed by atoms with Crippen molar-refractivity contribution in [3.63, 3.8) is 0 Å². The number of hydrogen-bond donors (Lipinski definition) is 3. The molecule has 3 N–H and O–H groups in total. The van der Waals surface area contributed by atoms with E-state index in [1.165, 1.54) is 18.4 Å². The number of unbranched alkanes of at least 4 members (excludes halogenated alkanes) is 1. The third-order valence-corrected chi connectivity index (χ3v) is 9.40. The molecular weight excluding hydrogens is 532 g/mol. The zero-order valence-electron chi connectivity index (χ0n) is 23.9. The van der Waals surface area contributed by atoms with Crippen molar-refractivity contribution in [1.82, 2.24) is 14.6 Å². The van der Waals surface area contributed by atoms with Crippen LogP contribution in [0.4, 0.5) is 5.69 Å². The molecule has 0 bridgehead atoms. The van der Waals surface area contributed by atoms with Gasteiger partial charge in [0.25, 0.3) is 0 Å². The molecule has 3 aromatic carbocycles. The van der Waals surface area contributed by atoms with Gasteiger partial charge in [-0.05, 0) is 68.2 Å². The number of aromatic nitrogens is 1. The van der Waals surface area contributed by atoms with E-state index in [0.29, 0.717) is 22.2 Å². The van der Waals surface area contributed by atoms with Gasteiger partial charge in [-0.25, -0.2) is 18.1 Å². The maximum atomic E-state index is 13.3. The smallest absolute Gasteiger partial charge is 0.240 e. The van der Waals surface area contributed by atoms with Crippen LogP contribution in [-0.2, 0) is 16.6 Å². The Kier molecular flexibility index (Phi) is 9.22. The molecule has 1 saturated carbocycles. The molecule has 0 aliphatic heterocycles. The van der Waals surface area contributed by atoms with Gasteiger partial charge in [-0.2, -0.15) is 0 Å². The van der Waals surface area contributed by atoms with E-state index in [2.05, 4.69) is 40.6 Å². The number of aromatic amines is 1. The maximum absolute atomic E-state index is 13.3. The second kappa shape index (κ2) is 13.0. The molecule has 0 amide bonds. The van der Waals surface area contributed by atoms with Crippen LogP contribution in [0.25, 0.3) is 10.9 Å². The second-order valence-electron chi connectivity index (χ2n) is 10.9. The van der Waals surface area contributed by atoms with Crippen LogP contribution in [0.3, 0.4) is 0 Å². The minimum atomic E-state index is -3.70. The Morgan fingerprint density at radius 3 is 2.44 bits per heavy atom. The lowest BCUT2D eigenvalue weighted by atomic mass is 10.0. The first-order valence-electron chi connectivity index (χ1n) is 14.7. The SMILES string of the molecule is CCCCN(CC)Cc1ccc(N=C(c2ccccc2)c2c(O)[nH]c3ccc(S(=O)(=O)NC4CCCC4)cc23)cc1. The normalized spacial score (nSPS) is 14.9. The Morgan fingerprint density at radius 2 is 1.76 bits per heavy atom. The number of rotatable bonds is 12. The fraction of sp³-hybridized carbons (Fsp3) is 0.364. The molecule has 216 valence electrons. The number of nitrogens with zero attached hydrogens (tertiary/aromatic N) is 2. The first-order chi connectivity index (χ1) is 19.9. The van der Waals surface area contributed by atoms with E-state index in [4.69, 9.17) is 4.99 Å². The number of aliphatic imine (C=N–C) groups is 1. The first kappa shape index (κ1) is 29.0. The predicted molar refractivity (Wildman–Crippen MR) is 167 cm³/mol. The number of sulfonamides is 1. The van der Waals surface area contributed by atoms with Gasteiger partial charge in [0, 0.05) is 29.1 Å². The van der Waals surface area contributed by atoms with Crippen molar-refractivity contribution < 1.29 is 13.5 Å². The summed E-state index contributed by atoms with van der Waals surface area (Å²) in [5.74, 6) is -0.0490. The van der Waals surface area contributed by atoms with E-state index in [9.17, 15) is 13.5 Å². The van der Waals surface area contributed by atoms with Crippen molar-refractivity contribution in [3.05, 3.63) is 89.5 Å². The lowest BCUT2D eigenvalue weighted by Crippen LogP contribution is -2.32. The Hall–Kier alpha value is -3.46. The zero-order chi connectivity index (χ0) is 28.8. The van der Waals surface area contributed by atoms with Crippen LogP contribution in [0.5, 0.6) is 5.88 Å². The molecule has 8 heteroatoms. The molecule has 5 rings (SSSR count). The number of nitrogens with one attached hydrogen (secondary N) is 2. The molecule has 0 atom stereocenters. The quantitative estimate of drug-likeness (QED) is 0.161. The second-order valence-corrected chi connectivity index (χ2v) is 12.6. The fourth-order valence-corrected chi connectivity index (χ4v) is 6.88. The monoisotopic (exact) mass is 572 g/mol. The summed E-state index contributed by atoms with van der Waals surface area (Å²) in [5.41, 5.74) is 4.49. The van der Waals surface area contributed by atoms with Crippen molar-refractivity contribution in [2.24, 2.45) is 4.99 Å². The van der Waals surface area contributed by atoms with Crippen molar-refractivity contribution in [1.29, 1.82) is 0 Å². The van der Waals surface area contributed by atoms with E-state index in [1.807, 2.05) is 42.5 Å². The van der Waals surface area contributed by atoms with Crippen molar-refractivity contribution in [2.45, 2.75) is 69.9 Å². The van der Waals surface area contributed by atoms with E-state index in [0.717, 1.165) is 56.6 Å². The van der Waals surface area contributed by atoms with Crippen LogP contribution >= 0.6 is 0 Å². The van der Waals surface area contributed by atoms with Crippen LogP contribution in [-0.4, -0.2) is 48.3 Å². The zero-order valence-corrected chi connectivity index (χ0v) is 24.8. The fourth-order valence-electron chi connectivity index (χ4n) is 5.55. The lowest BCUT2D eigenvalue weighted by molar-refractivity contribution is 0.275. The van der Waals surface area contributed by atoms with Gasteiger partial charge in [-0.15, -0.1) is 0 Å². The Bertz CT molecular complexity index is 1590. The van der Waals surface area contributed by atoms with E-state index < -0.39 is 10.0 Å². The number of hydrogen-bond acceptors (Lipinski definition) is 5. The largest absolute Gasteiger partial charge is 0.494 e. The highest BCUT2D eigenvalue weighted by atomic mass is 32.2. The molecule has 1 heterocycles. The average Bonchev–Trinajstić information content (AvgIpc) is 3.61. The Labute approximate surface area is 243 Å². The number of fused-ring (bicyclic) bond motifs is 1. The Balaban J connectivity index is 1.53. The predicted octanol–water partition coefficient (Wildman–Crippen LogP) is 6.89. The summed E-state index contributed by atoms with van der Waals surface area (Å²) in [4.78, 5) is 10.6. The summed E-state index contributed by atoms with van der Waals surface area (Å²) in [6.07, 6.45) is 6.15. The number of aromatic hydroxyl groups is 1. The molecule has 4 aromatic rings. The number of benzene rings is 3. The number of H-pyrrole nitrogens is 1. The average molecular weight is 573 g/mol. The highest BCUT2D eigenvalue weighted by molar-refractivity contribution is 7.89. The van der Waals surface area contributed by atoms with Crippen LogP contribution in [0, 0.1) is 0 Å². The molecule has 7 nitrogen and oxygen atoms in total. The highest BCUT2D eigenvalue weighted by Crippen LogP contribution is 2.33. The van der Waals surface area contributed by atoms with Crippen LogP contribution in [0.2, 0.25) is 0 Å². The summed E-state index contributed by atoms with van der Waals surface area (Å²) in [5, 5.41) is 11.7. The minimum absolute atomic E-state index is 0.0322. The van der Waals surface area contributed by atoms with Crippen LogP contribution in [0.1, 0.15) is 69.1 Å². The maximum Gasteiger partial charge on any atom is 0.240 e. The summed E-state index contributed by atoms with van der Waals surface area (Å²) in [7, 11) is -3.70. The summed E-state index contributed by atoms with van der Waals surface area (Å²) in [6.45, 7) is 7.38. The van der Waals surface area contributed by atoms with Crippen molar-refractivity contribution >= 4 is 32.3 Å². The van der Waals surface area contributed by atoms with Crippen LogP contribution in [0.15, 0.2) is 82.7 Å². The van der Waals surface area contributed by atoms with Gasteiger partial charge in [0.2, 0.25) is 10.0 Å². The van der Waals surface area contributed by atoms with Gasteiger partial charge in [-0.1, -0.05) is 75.6 Å². The summed E-state index contributed by atoms with van der Waals surface area (Å²) in [6, 6.07) is 22.8. The van der Waals surface area contributed by atoms with E-state index in [1.54, 1.807) is 18.2 Å². The Morgan fingerprint density at radius 1 is 1.02 bits per heavy atom. The summed E-state index contributed by atoms with van der Waals surface area (Å²) < 4.78 is 29.4. The molecule has 0 saturated heterocycles. The van der Waals surface area contributed by atoms with E-state index in [-0.39, 0.29) is 16.8 Å². The van der Waals surface area contributed by atoms with Gasteiger partial charge >= 0.3 is 0 Å². The van der Waals surface area contributed by atoms with Gasteiger partial charge < -0.3 is 10.1 Å². The van der Waals surface area contributed by atoms with E-state index >= 15 is 0 Å². The topological polar surface area (TPSA) is 97.8 Å². The highest BCUT2D eigenvalue weighted by Gasteiger charge is 2.25. The molecule has 0 spiro atoms. The van der Waals surface area contributed by atoms with Gasteiger partial charge in [0.05, 0.1) is 21.9 Å². The van der Waals surface area contributed by atoms with Crippen LogP contribution < -0.4 is 4.72 Å². The van der Waals surface area contributed by atoms with Gasteiger partial charge in [0.1, 0.15) is 0 Å². The minimum Gasteiger partial charge on any atom is -0.494 e. The molecular formula is C33H40N4O3S. The molecule has 1 aliphatic carbocycles. The van der Waals surface area contributed by atoms with Gasteiger partial charge in [-0.3, -0.25) is 4.90 Å². The molecule has 1 aromatic heterocycles. The third-order valence-electron chi connectivity index (χ3n) is 7.88. The molecule has 1 aliphatic rings. The molecule has 41 heavy (non-hydrogen) atoms. The van der Waals surface area contributed by atoms with Gasteiger partial charge in [0.15, 0.2) is 5.88 Å². The molecule has 1 fully saturated rings. The third kappa shape index (κ3) is 6.89. The summed E-state index contributed by atoms with van der Waals surface area (Å²) >= 11 is 0. The standard InChI is InChI=1S/C33H40N4O3S/c1-3-5-21-37(4-2)23-24-15-17-26(18-16-24)34-32(25-11-7-6-8-12-25)31-29-22-28(19-20-30(29)35-33(31)38)41(39,40)36-27-13-9-10-14-27/h6-8,11-12,15-20,22,27,35-36,38H,3-5,9-10,13-14,21,23H2,1-2H3. The first-order valence-corrected chi connectivity index (χ1v) is 16.2. The lowest BCUT2D eigenvalue weighted by Gasteiger charge is -2.20. The molecule has 0 radical (unpaired) electrons. The van der Waals surface area contributed by atoms with Crippen molar-refractivity contribution in [2.75, 3.05) is 13.1 Å². The van der Waals surface area contributed by atoms with Crippen molar-refractivity contribution in [3.8, 4) is 5.88 Å².